The second-order valence-corrected chi connectivity index (χ2v) is 9.23. The smallest absolute Gasteiger partial charge is 0.152 e. The maximum atomic E-state index is 12.0. The van der Waals surface area contributed by atoms with Gasteiger partial charge in [0.15, 0.2) is 9.84 Å². The molecular formula is C15H30N2O2S. The van der Waals surface area contributed by atoms with E-state index in [1.54, 1.807) is 0 Å². The lowest BCUT2D eigenvalue weighted by molar-refractivity contribution is 0.102. The SMILES string of the molecule is CC(C)C1CCCN(C2(CN)CCCS(=O)(=O)C2)CC1. The van der Waals surface area contributed by atoms with Crippen molar-refractivity contribution >= 4 is 9.84 Å². The van der Waals surface area contributed by atoms with Crippen molar-refractivity contribution in [3.05, 3.63) is 0 Å². The minimum Gasteiger partial charge on any atom is -0.329 e. The Bertz CT molecular complexity index is 422. The molecular weight excluding hydrogens is 272 g/mol. The van der Waals surface area contributed by atoms with Gasteiger partial charge in [0.05, 0.1) is 11.5 Å². The van der Waals surface area contributed by atoms with Crippen molar-refractivity contribution in [2.24, 2.45) is 17.6 Å². The molecule has 2 rings (SSSR count). The molecule has 2 heterocycles. The third-order valence-corrected chi connectivity index (χ3v) is 7.24. The van der Waals surface area contributed by atoms with Crippen LogP contribution in [0.3, 0.4) is 0 Å². The van der Waals surface area contributed by atoms with Crippen LogP contribution in [0.5, 0.6) is 0 Å². The van der Waals surface area contributed by atoms with Crippen LogP contribution in [0.4, 0.5) is 0 Å². The number of hydrogen-bond acceptors (Lipinski definition) is 4. The van der Waals surface area contributed by atoms with Crippen LogP contribution in [0.1, 0.15) is 46.0 Å². The van der Waals surface area contributed by atoms with E-state index < -0.39 is 9.84 Å². The van der Waals surface area contributed by atoms with E-state index in [2.05, 4.69) is 18.7 Å². The van der Waals surface area contributed by atoms with Crippen LogP contribution in [-0.2, 0) is 9.84 Å². The van der Waals surface area contributed by atoms with Crippen molar-refractivity contribution in [2.75, 3.05) is 31.1 Å². The van der Waals surface area contributed by atoms with Crippen LogP contribution in [0, 0.1) is 11.8 Å². The van der Waals surface area contributed by atoms with E-state index in [1.165, 1.54) is 19.3 Å². The lowest BCUT2D eigenvalue weighted by Crippen LogP contribution is -2.60. The second kappa shape index (κ2) is 6.32. The Morgan fingerprint density at radius 3 is 2.60 bits per heavy atom. The number of hydrogen-bond donors (Lipinski definition) is 1. The highest BCUT2D eigenvalue weighted by atomic mass is 32.2. The van der Waals surface area contributed by atoms with Gasteiger partial charge in [-0.15, -0.1) is 0 Å². The molecule has 0 radical (unpaired) electrons. The van der Waals surface area contributed by atoms with Crippen LogP contribution >= 0.6 is 0 Å². The quantitative estimate of drug-likeness (QED) is 0.861. The molecule has 4 nitrogen and oxygen atoms in total. The zero-order valence-electron chi connectivity index (χ0n) is 13.0. The van der Waals surface area contributed by atoms with Crippen molar-refractivity contribution in [1.82, 2.24) is 4.90 Å². The molecule has 118 valence electrons. The number of likely N-dealkylation sites (tertiary alicyclic amines) is 1. The molecule has 0 bridgehead atoms. The maximum Gasteiger partial charge on any atom is 0.152 e. The highest BCUT2D eigenvalue weighted by Gasteiger charge is 2.43. The molecule has 5 heteroatoms. The minimum absolute atomic E-state index is 0.267. The van der Waals surface area contributed by atoms with E-state index in [9.17, 15) is 8.42 Å². The predicted molar refractivity (Wildman–Crippen MR) is 83.4 cm³/mol. The van der Waals surface area contributed by atoms with E-state index in [1.807, 2.05) is 0 Å². The van der Waals surface area contributed by atoms with Gasteiger partial charge in [0, 0.05) is 12.1 Å². The van der Waals surface area contributed by atoms with Gasteiger partial charge in [-0.1, -0.05) is 13.8 Å². The molecule has 0 spiro atoms. The van der Waals surface area contributed by atoms with Crippen molar-refractivity contribution < 1.29 is 8.42 Å². The van der Waals surface area contributed by atoms with Gasteiger partial charge < -0.3 is 5.73 Å². The molecule has 0 saturated carbocycles. The van der Waals surface area contributed by atoms with E-state index in [-0.39, 0.29) is 11.3 Å². The van der Waals surface area contributed by atoms with Crippen LogP contribution in [0.2, 0.25) is 0 Å². The van der Waals surface area contributed by atoms with Gasteiger partial charge >= 0.3 is 0 Å². The summed E-state index contributed by atoms with van der Waals surface area (Å²) in [5, 5.41) is 0. The average Bonchev–Trinajstić information content (AvgIpc) is 2.63. The van der Waals surface area contributed by atoms with Crippen LogP contribution < -0.4 is 5.73 Å². The van der Waals surface area contributed by atoms with Crippen molar-refractivity contribution in [1.29, 1.82) is 0 Å². The van der Waals surface area contributed by atoms with E-state index in [0.29, 0.717) is 12.3 Å². The fourth-order valence-corrected chi connectivity index (χ4v) is 5.97. The van der Waals surface area contributed by atoms with Crippen LogP contribution in [-0.4, -0.2) is 50.0 Å². The molecule has 2 aliphatic rings. The summed E-state index contributed by atoms with van der Waals surface area (Å²) in [6, 6.07) is 0. The summed E-state index contributed by atoms with van der Waals surface area (Å²) in [6.45, 7) is 7.08. The maximum absolute atomic E-state index is 12.0. The first kappa shape index (κ1) is 16.2. The molecule has 0 amide bonds. The molecule has 2 unspecified atom stereocenters. The monoisotopic (exact) mass is 302 g/mol. The average molecular weight is 302 g/mol. The molecule has 0 aromatic carbocycles. The summed E-state index contributed by atoms with van der Waals surface area (Å²) in [6.07, 6.45) is 5.32. The first-order valence-electron chi connectivity index (χ1n) is 8.04. The summed E-state index contributed by atoms with van der Waals surface area (Å²) in [4.78, 5) is 2.41. The Morgan fingerprint density at radius 2 is 2.00 bits per heavy atom. The number of nitrogens with zero attached hydrogens (tertiary/aromatic N) is 1. The highest BCUT2D eigenvalue weighted by molar-refractivity contribution is 7.91. The zero-order chi connectivity index (χ0) is 14.8. The normalized spacial score (nSPS) is 35.9. The van der Waals surface area contributed by atoms with Crippen molar-refractivity contribution in [3.63, 3.8) is 0 Å². The Balaban J connectivity index is 2.11. The summed E-state index contributed by atoms with van der Waals surface area (Å²) in [7, 11) is -2.92. The third-order valence-electron chi connectivity index (χ3n) is 5.35. The largest absolute Gasteiger partial charge is 0.329 e. The number of sulfone groups is 1. The first-order chi connectivity index (χ1) is 9.38. The van der Waals surface area contributed by atoms with Gasteiger partial charge in [0.2, 0.25) is 0 Å². The topological polar surface area (TPSA) is 63.4 Å². The summed E-state index contributed by atoms with van der Waals surface area (Å²) < 4.78 is 24.1. The van der Waals surface area contributed by atoms with Crippen LogP contribution in [0.15, 0.2) is 0 Å². The Morgan fingerprint density at radius 1 is 1.25 bits per heavy atom. The van der Waals surface area contributed by atoms with Crippen molar-refractivity contribution in [3.8, 4) is 0 Å². The first-order valence-corrected chi connectivity index (χ1v) is 9.86. The van der Waals surface area contributed by atoms with E-state index in [0.717, 1.165) is 37.8 Å². The van der Waals surface area contributed by atoms with Crippen LogP contribution in [0.25, 0.3) is 0 Å². The van der Waals surface area contributed by atoms with Crippen molar-refractivity contribution in [2.45, 2.75) is 51.5 Å². The second-order valence-electron chi connectivity index (χ2n) is 7.05. The summed E-state index contributed by atoms with van der Waals surface area (Å²) in [5.74, 6) is 2.11. The standard InChI is InChI=1S/C15H30N2O2S/c1-13(2)14-5-3-8-17(9-6-14)15(11-16)7-4-10-20(18,19)12-15/h13-14H,3-12,16H2,1-2H3. The Hall–Kier alpha value is -0.130. The summed E-state index contributed by atoms with van der Waals surface area (Å²) >= 11 is 0. The zero-order valence-corrected chi connectivity index (χ0v) is 13.8. The molecule has 2 aliphatic heterocycles. The van der Waals surface area contributed by atoms with Gasteiger partial charge in [0.1, 0.15) is 0 Å². The molecule has 2 saturated heterocycles. The molecule has 2 N–H and O–H groups in total. The lowest BCUT2D eigenvalue weighted by Gasteiger charge is -2.45. The fourth-order valence-electron chi connectivity index (χ4n) is 3.98. The Labute approximate surface area is 124 Å². The highest BCUT2D eigenvalue weighted by Crippen LogP contribution is 2.33. The molecule has 0 aromatic rings. The third kappa shape index (κ3) is 3.55. The van der Waals surface area contributed by atoms with Gasteiger partial charge in [-0.3, -0.25) is 4.90 Å². The predicted octanol–water partition coefficient (Wildman–Crippen LogP) is 1.65. The van der Waals surface area contributed by atoms with Gasteiger partial charge in [0.25, 0.3) is 0 Å². The van der Waals surface area contributed by atoms with Gasteiger partial charge in [-0.05, 0) is 57.0 Å². The Kier molecular flexibility index (Phi) is 5.14. The summed E-state index contributed by atoms with van der Waals surface area (Å²) in [5.41, 5.74) is 5.74. The fraction of sp³-hybridized carbons (Fsp3) is 1.00. The van der Waals surface area contributed by atoms with E-state index >= 15 is 0 Å². The number of rotatable bonds is 3. The van der Waals surface area contributed by atoms with Gasteiger partial charge in [-0.2, -0.15) is 0 Å². The molecule has 0 aromatic heterocycles. The molecule has 2 fully saturated rings. The van der Waals surface area contributed by atoms with E-state index in [4.69, 9.17) is 5.73 Å². The lowest BCUT2D eigenvalue weighted by atomic mass is 9.89. The number of nitrogens with two attached hydrogens (primary N) is 1. The molecule has 20 heavy (non-hydrogen) atoms. The minimum atomic E-state index is -2.92. The molecule has 0 aliphatic carbocycles. The van der Waals surface area contributed by atoms with Gasteiger partial charge in [-0.25, -0.2) is 8.42 Å². The molecule has 2 atom stereocenters.